The molecule has 0 atom stereocenters. The van der Waals surface area contributed by atoms with E-state index in [0.717, 1.165) is 11.1 Å². The molecule has 0 amide bonds. The molecule has 0 unspecified atom stereocenters. The maximum absolute atomic E-state index is 13.1. The number of allylic oxidation sites excluding steroid dienone is 2. The Morgan fingerprint density at radius 1 is 0.969 bits per heavy atom. The molecule has 32 heavy (non-hydrogen) atoms. The number of benzene rings is 2. The van der Waals surface area contributed by atoms with Gasteiger partial charge in [-0.2, -0.15) is 0 Å². The first-order valence-electron chi connectivity index (χ1n) is 10.2. The van der Waals surface area contributed by atoms with Crippen LogP contribution in [0.15, 0.2) is 71.4 Å². The van der Waals surface area contributed by atoms with Gasteiger partial charge in [0.15, 0.2) is 15.6 Å². The first kappa shape index (κ1) is 21.7. The molecule has 0 spiro atoms. The number of sulfone groups is 1. The van der Waals surface area contributed by atoms with E-state index < -0.39 is 9.84 Å². The van der Waals surface area contributed by atoms with Crippen LogP contribution in [0.2, 0.25) is 0 Å². The van der Waals surface area contributed by atoms with Gasteiger partial charge < -0.3 is 10.2 Å². The van der Waals surface area contributed by atoms with E-state index in [1.807, 2.05) is 43.3 Å². The second kappa shape index (κ2) is 8.55. The second-order valence-electron chi connectivity index (χ2n) is 7.77. The monoisotopic (exact) mass is 449 g/mol. The summed E-state index contributed by atoms with van der Waals surface area (Å²) >= 11 is 0. The highest BCUT2D eigenvalue weighted by atomic mass is 32.2. The number of aromatic nitrogens is 1. The molecule has 0 fully saturated rings. The van der Waals surface area contributed by atoms with Crippen LogP contribution in [-0.4, -0.2) is 51.4 Å². The third-order valence-electron chi connectivity index (χ3n) is 5.39. The predicted molar refractivity (Wildman–Crippen MR) is 124 cm³/mol. The van der Waals surface area contributed by atoms with E-state index in [1.54, 1.807) is 24.3 Å². The molecule has 1 N–H and O–H groups in total. The highest BCUT2D eigenvalue weighted by molar-refractivity contribution is 7.91. The minimum atomic E-state index is -3.55. The Morgan fingerprint density at radius 2 is 1.72 bits per heavy atom. The minimum Gasteiger partial charge on any atom is -0.382 e. The number of Topliss-reactive ketones (excluding diaryl/α,β-unsaturated/α-hetero) is 1. The third-order valence-corrected chi connectivity index (χ3v) is 7.24. The zero-order chi connectivity index (χ0) is 22.9. The lowest BCUT2D eigenvalue weighted by atomic mass is 9.97. The van der Waals surface area contributed by atoms with Gasteiger partial charge in [-0.1, -0.05) is 24.3 Å². The van der Waals surface area contributed by atoms with Crippen molar-refractivity contribution in [2.45, 2.75) is 11.3 Å². The molecule has 1 heterocycles. The lowest BCUT2D eigenvalue weighted by molar-refractivity contribution is 0.0974. The number of hydrogen-bond donors (Lipinski definition) is 1. The topological polar surface area (TPSA) is 96.4 Å². The summed E-state index contributed by atoms with van der Waals surface area (Å²) in [5.74, 6) is -0.751. The summed E-state index contributed by atoms with van der Waals surface area (Å²) in [6.07, 6.45) is 2.99. The molecular formula is C24H23N3O4S. The summed E-state index contributed by atoms with van der Waals surface area (Å²) in [4.78, 5) is 31.0. The van der Waals surface area contributed by atoms with Gasteiger partial charge in [0.25, 0.3) is 0 Å². The van der Waals surface area contributed by atoms with E-state index in [-0.39, 0.29) is 47.2 Å². The van der Waals surface area contributed by atoms with E-state index in [4.69, 9.17) is 0 Å². The van der Waals surface area contributed by atoms with Gasteiger partial charge in [0.1, 0.15) is 5.69 Å². The summed E-state index contributed by atoms with van der Waals surface area (Å²) in [6.45, 7) is 0.236. The van der Waals surface area contributed by atoms with E-state index >= 15 is 0 Å². The smallest absolute Gasteiger partial charge is 0.228 e. The molecule has 0 aliphatic heterocycles. The van der Waals surface area contributed by atoms with Crippen LogP contribution < -0.4 is 10.2 Å². The number of hydrogen-bond acceptors (Lipinski definition) is 7. The molecule has 0 bridgehead atoms. The SMILES string of the molecule is CN(C)c1cccc2c(S(=O)(=O)CCCNC3=CC(=O)c4cccnc4C3=O)cccc12. The Bertz CT molecular complexity index is 1360. The van der Waals surface area contributed by atoms with Crippen LogP contribution in [0.4, 0.5) is 5.69 Å². The number of carbonyl (C=O) groups is 2. The first-order chi connectivity index (χ1) is 15.3. The zero-order valence-corrected chi connectivity index (χ0v) is 18.6. The van der Waals surface area contributed by atoms with Crippen LogP contribution in [0, 0.1) is 0 Å². The summed E-state index contributed by atoms with van der Waals surface area (Å²) in [5, 5.41) is 4.47. The van der Waals surface area contributed by atoms with Crippen molar-refractivity contribution in [3.8, 4) is 0 Å². The fourth-order valence-electron chi connectivity index (χ4n) is 3.84. The zero-order valence-electron chi connectivity index (χ0n) is 17.8. The average molecular weight is 450 g/mol. The van der Waals surface area contributed by atoms with Gasteiger partial charge in [0, 0.05) is 49.4 Å². The number of rotatable bonds is 7. The van der Waals surface area contributed by atoms with Crippen LogP contribution in [-0.2, 0) is 9.84 Å². The second-order valence-corrected chi connectivity index (χ2v) is 9.85. The maximum Gasteiger partial charge on any atom is 0.228 e. The minimum absolute atomic E-state index is 0.0877. The molecule has 164 valence electrons. The molecule has 4 rings (SSSR count). The third kappa shape index (κ3) is 4.01. The molecule has 8 heteroatoms. The van der Waals surface area contributed by atoms with Crippen LogP contribution >= 0.6 is 0 Å². The number of pyridine rings is 1. The Kier molecular flexibility index (Phi) is 5.80. The van der Waals surface area contributed by atoms with Gasteiger partial charge in [-0.15, -0.1) is 0 Å². The Morgan fingerprint density at radius 3 is 2.50 bits per heavy atom. The predicted octanol–water partition coefficient (Wildman–Crippen LogP) is 3.02. The van der Waals surface area contributed by atoms with Crippen molar-refractivity contribution in [1.82, 2.24) is 10.3 Å². The number of anilines is 1. The van der Waals surface area contributed by atoms with E-state index in [9.17, 15) is 18.0 Å². The largest absolute Gasteiger partial charge is 0.382 e. The van der Waals surface area contributed by atoms with Gasteiger partial charge in [-0.05, 0) is 30.7 Å². The molecular weight excluding hydrogens is 426 g/mol. The number of fused-ring (bicyclic) bond motifs is 2. The van der Waals surface area contributed by atoms with Crippen molar-refractivity contribution in [2.75, 3.05) is 31.3 Å². The van der Waals surface area contributed by atoms with Gasteiger partial charge >= 0.3 is 0 Å². The van der Waals surface area contributed by atoms with Crippen molar-refractivity contribution < 1.29 is 18.0 Å². The van der Waals surface area contributed by atoms with Gasteiger partial charge in [0.05, 0.1) is 21.9 Å². The summed E-state index contributed by atoms with van der Waals surface area (Å²) in [6, 6.07) is 14.1. The molecule has 2 aromatic carbocycles. The first-order valence-corrected chi connectivity index (χ1v) is 11.9. The van der Waals surface area contributed by atoms with E-state index in [2.05, 4.69) is 10.3 Å². The van der Waals surface area contributed by atoms with E-state index in [1.165, 1.54) is 12.3 Å². The Hall–Kier alpha value is -3.52. The van der Waals surface area contributed by atoms with Crippen LogP contribution in [0.3, 0.4) is 0 Å². The summed E-state index contributed by atoms with van der Waals surface area (Å²) in [5.41, 5.74) is 1.48. The summed E-state index contributed by atoms with van der Waals surface area (Å²) in [7, 11) is 0.289. The standard InChI is InChI=1S/C24H23N3O4S/c1-27(2)20-10-3-8-17-16(20)7-4-11-22(17)32(30,31)14-6-13-25-19-15-21(28)18-9-5-12-26-23(18)24(19)29/h3-5,7-12,15,25H,6,13-14H2,1-2H3. The van der Waals surface area contributed by atoms with Crippen molar-refractivity contribution in [3.05, 3.63) is 77.8 Å². The number of nitrogens with one attached hydrogen (secondary N) is 1. The molecule has 0 radical (unpaired) electrons. The fraction of sp³-hybridized carbons (Fsp3) is 0.208. The number of ketones is 2. The van der Waals surface area contributed by atoms with Gasteiger partial charge in [0.2, 0.25) is 5.78 Å². The van der Waals surface area contributed by atoms with Crippen molar-refractivity contribution in [2.24, 2.45) is 0 Å². The molecule has 0 saturated carbocycles. The highest BCUT2D eigenvalue weighted by Gasteiger charge is 2.26. The maximum atomic E-state index is 13.1. The summed E-state index contributed by atoms with van der Waals surface area (Å²) < 4.78 is 26.1. The average Bonchev–Trinajstić information content (AvgIpc) is 2.78. The lowest BCUT2D eigenvalue weighted by Gasteiger charge is -2.17. The molecule has 0 saturated heterocycles. The molecule has 1 aliphatic carbocycles. The molecule has 1 aliphatic rings. The van der Waals surface area contributed by atoms with Gasteiger partial charge in [-0.3, -0.25) is 14.6 Å². The normalized spacial score (nSPS) is 13.6. The molecule has 3 aromatic rings. The quantitative estimate of drug-likeness (QED) is 0.554. The van der Waals surface area contributed by atoms with E-state index in [0.29, 0.717) is 10.3 Å². The van der Waals surface area contributed by atoms with Crippen LogP contribution in [0.1, 0.15) is 27.3 Å². The number of carbonyl (C=O) groups excluding carboxylic acids is 2. The Labute approximate surface area is 186 Å². The molecule has 1 aromatic heterocycles. The van der Waals surface area contributed by atoms with Crippen LogP contribution in [0.5, 0.6) is 0 Å². The lowest BCUT2D eigenvalue weighted by Crippen LogP contribution is -2.29. The fourth-order valence-corrected chi connectivity index (χ4v) is 5.38. The van der Waals surface area contributed by atoms with Crippen molar-refractivity contribution in [1.29, 1.82) is 0 Å². The van der Waals surface area contributed by atoms with Crippen molar-refractivity contribution in [3.63, 3.8) is 0 Å². The number of nitrogens with zero attached hydrogens (tertiary/aromatic N) is 2. The molecule has 7 nitrogen and oxygen atoms in total. The highest BCUT2D eigenvalue weighted by Crippen LogP contribution is 2.30. The Balaban J connectivity index is 1.47. The van der Waals surface area contributed by atoms with Crippen LogP contribution in [0.25, 0.3) is 10.8 Å². The van der Waals surface area contributed by atoms with Crippen molar-refractivity contribution >= 4 is 37.9 Å². The van der Waals surface area contributed by atoms with Gasteiger partial charge in [-0.25, -0.2) is 8.42 Å².